The number of esters is 1. The van der Waals surface area contributed by atoms with Crippen molar-refractivity contribution < 1.29 is 42.0 Å². The fourth-order valence-corrected chi connectivity index (χ4v) is 10.0. The number of hydrogen-bond donors (Lipinski definition) is 1. The van der Waals surface area contributed by atoms with E-state index in [2.05, 4.69) is 0 Å². The van der Waals surface area contributed by atoms with Gasteiger partial charge in [0.2, 0.25) is 10.0 Å². The van der Waals surface area contributed by atoms with Crippen LogP contribution in [0.4, 0.5) is 0 Å². The van der Waals surface area contributed by atoms with Gasteiger partial charge in [0.25, 0.3) is 0 Å². The van der Waals surface area contributed by atoms with E-state index >= 15 is 0 Å². The molecule has 1 aliphatic rings. The number of carbonyl (C=O) groups excluding carboxylic acids is 1. The molecule has 5 rings (SSSR count). The van der Waals surface area contributed by atoms with Crippen LogP contribution in [-0.4, -0.2) is 67.7 Å². The zero-order valence-corrected chi connectivity index (χ0v) is 36.2. The third-order valence-electron chi connectivity index (χ3n) is 10.9. The number of aryl methyl sites for hydroxylation is 3. The minimum atomic E-state index is -4.14. The standard InChI is InChI=1S/C47H61NO9S/c1-31-26-32(2)45(33(3)27-31)58(51,52)48(28-37-16-12-10-13-17-37)36(6)44(39-18-14-11-15-19-39)55-46(50)41(25-20-34(4)49)43-35(5)42(56-47(7,8)57-43)30-54-29-38-21-23-40(53-9)24-22-38/h10-19,21-24,26-27,34-36,41-44,49H,20,25,28-30H2,1-9H3/t34?,35-,36-,41+,42-,43+,44-/m0/s1. The molecule has 0 aliphatic carbocycles. The minimum Gasteiger partial charge on any atom is -0.497 e. The summed E-state index contributed by atoms with van der Waals surface area (Å²) in [5, 5.41) is 10.5. The lowest BCUT2D eigenvalue weighted by Gasteiger charge is -2.47. The summed E-state index contributed by atoms with van der Waals surface area (Å²) >= 11 is 0. The molecule has 7 atom stereocenters. The molecule has 0 radical (unpaired) electrons. The number of ether oxygens (including phenoxy) is 5. The smallest absolute Gasteiger partial charge is 0.312 e. The Labute approximate surface area is 345 Å². The summed E-state index contributed by atoms with van der Waals surface area (Å²) in [6.45, 7) is 15.3. The molecule has 1 fully saturated rings. The van der Waals surface area contributed by atoms with E-state index in [0.717, 1.165) is 22.4 Å². The van der Waals surface area contributed by atoms with Gasteiger partial charge in [0, 0.05) is 12.5 Å². The van der Waals surface area contributed by atoms with Crippen LogP contribution >= 0.6 is 0 Å². The zero-order chi connectivity index (χ0) is 42.2. The maximum absolute atomic E-state index is 15.0. The first-order valence-electron chi connectivity index (χ1n) is 20.1. The van der Waals surface area contributed by atoms with Crippen LogP contribution in [0.25, 0.3) is 0 Å². The van der Waals surface area contributed by atoms with Gasteiger partial charge < -0.3 is 28.8 Å². The first-order valence-corrected chi connectivity index (χ1v) is 21.6. The van der Waals surface area contributed by atoms with E-state index in [4.69, 9.17) is 23.7 Å². The van der Waals surface area contributed by atoms with Crippen molar-refractivity contribution in [1.82, 2.24) is 4.31 Å². The minimum absolute atomic E-state index is 0.0515. The molecule has 4 aromatic rings. The molecule has 1 aliphatic heterocycles. The van der Waals surface area contributed by atoms with Crippen molar-refractivity contribution in [3.05, 3.63) is 130 Å². The zero-order valence-electron chi connectivity index (χ0n) is 35.4. The van der Waals surface area contributed by atoms with Crippen LogP contribution in [0.3, 0.4) is 0 Å². The summed E-state index contributed by atoms with van der Waals surface area (Å²) in [6.07, 6.45) is -2.19. The lowest BCUT2D eigenvalue weighted by molar-refractivity contribution is -0.332. The normalized spacial score (nSPS) is 20.2. The van der Waals surface area contributed by atoms with Crippen LogP contribution in [0.15, 0.2) is 102 Å². The van der Waals surface area contributed by atoms with Crippen molar-refractivity contribution >= 4 is 16.0 Å². The first-order chi connectivity index (χ1) is 27.5. The Balaban J connectivity index is 1.49. The van der Waals surface area contributed by atoms with Gasteiger partial charge in [-0.3, -0.25) is 4.79 Å². The van der Waals surface area contributed by atoms with Gasteiger partial charge in [-0.25, -0.2) is 8.42 Å². The van der Waals surface area contributed by atoms with Crippen molar-refractivity contribution in [2.45, 2.75) is 123 Å². The van der Waals surface area contributed by atoms with Crippen LogP contribution in [0.5, 0.6) is 5.75 Å². The summed E-state index contributed by atoms with van der Waals surface area (Å²) in [4.78, 5) is 15.1. The molecule has 1 saturated heterocycles. The van der Waals surface area contributed by atoms with Crippen LogP contribution in [0, 0.1) is 32.6 Å². The largest absolute Gasteiger partial charge is 0.497 e. The second-order valence-corrected chi connectivity index (χ2v) is 18.0. The number of methoxy groups -OCH3 is 1. The van der Waals surface area contributed by atoms with E-state index in [-0.39, 0.29) is 30.4 Å². The second kappa shape index (κ2) is 19.8. The van der Waals surface area contributed by atoms with Gasteiger partial charge in [-0.1, -0.05) is 97.4 Å². The van der Waals surface area contributed by atoms with Crippen LogP contribution in [0.1, 0.15) is 86.9 Å². The van der Waals surface area contributed by atoms with E-state index in [1.54, 1.807) is 21.0 Å². The van der Waals surface area contributed by atoms with Gasteiger partial charge in [0.1, 0.15) is 11.9 Å². The average Bonchev–Trinajstić information content (AvgIpc) is 3.17. The summed E-state index contributed by atoms with van der Waals surface area (Å²) in [5.41, 5.74) is 4.67. The predicted molar refractivity (Wildman–Crippen MR) is 225 cm³/mol. The Hall–Kier alpha value is -4.10. The van der Waals surface area contributed by atoms with Crippen LogP contribution in [-0.2, 0) is 46.9 Å². The molecular formula is C47H61NO9S. The van der Waals surface area contributed by atoms with Crippen LogP contribution in [0.2, 0.25) is 0 Å². The maximum Gasteiger partial charge on any atom is 0.312 e. The number of aliphatic hydroxyl groups excluding tert-OH is 1. The molecule has 58 heavy (non-hydrogen) atoms. The molecule has 1 unspecified atom stereocenters. The number of benzene rings is 4. The Bertz CT molecular complexity index is 2010. The number of carbonyl (C=O) groups is 1. The third kappa shape index (κ3) is 11.3. The molecule has 4 aromatic carbocycles. The summed E-state index contributed by atoms with van der Waals surface area (Å²) in [7, 11) is -2.52. The lowest BCUT2D eigenvalue weighted by Crippen LogP contribution is -2.55. The number of rotatable bonds is 18. The topological polar surface area (TPSA) is 121 Å². The SMILES string of the molecule is COc1ccc(COC[C@@H]2OC(C)(C)O[C@@H]([C@@H](CCC(C)O)C(=O)O[C@H](c3ccccc3)[C@H](C)N(Cc3ccccc3)S(=O)(=O)c3c(C)cc(C)cc3C)[C@H]2C)cc1. The molecule has 10 nitrogen and oxygen atoms in total. The summed E-state index contributed by atoms with van der Waals surface area (Å²) < 4.78 is 62.4. The fraction of sp³-hybridized carbons (Fsp3) is 0.468. The van der Waals surface area contributed by atoms with Crippen molar-refractivity contribution in [1.29, 1.82) is 0 Å². The van der Waals surface area contributed by atoms with E-state index in [1.807, 2.05) is 139 Å². The highest BCUT2D eigenvalue weighted by Crippen LogP contribution is 2.39. The summed E-state index contributed by atoms with van der Waals surface area (Å²) in [5.74, 6) is -1.99. The Morgan fingerprint density at radius 1 is 0.862 bits per heavy atom. The molecule has 11 heteroatoms. The Morgan fingerprint density at radius 2 is 1.47 bits per heavy atom. The predicted octanol–water partition coefficient (Wildman–Crippen LogP) is 8.63. The quantitative estimate of drug-likeness (QED) is 0.0985. The molecule has 0 bridgehead atoms. The van der Waals surface area contributed by atoms with Crippen molar-refractivity contribution in [2.75, 3.05) is 13.7 Å². The molecule has 1 heterocycles. The molecule has 0 saturated carbocycles. The first kappa shape index (κ1) is 45.0. The number of hydrogen-bond acceptors (Lipinski definition) is 9. The lowest BCUT2D eigenvalue weighted by atomic mass is 9.83. The van der Waals surface area contributed by atoms with Gasteiger partial charge in [0.15, 0.2) is 5.79 Å². The van der Waals surface area contributed by atoms with E-state index in [0.29, 0.717) is 29.7 Å². The highest BCUT2D eigenvalue weighted by molar-refractivity contribution is 7.89. The van der Waals surface area contributed by atoms with Crippen molar-refractivity contribution in [3.8, 4) is 5.75 Å². The highest BCUT2D eigenvalue weighted by atomic mass is 32.2. The van der Waals surface area contributed by atoms with E-state index in [9.17, 15) is 18.3 Å². The molecule has 0 amide bonds. The van der Waals surface area contributed by atoms with Gasteiger partial charge >= 0.3 is 5.97 Å². The van der Waals surface area contributed by atoms with Gasteiger partial charge in [-0.15, -0.1) is 0 Å². The maximum atomic E-state index is 15.0. The van der Waals surface area contributed by atoms with Gasteiger partial charge in [-0.05, 0) is 101 Å². The molecule has 314 valence electrons. The number of aliphatic hydroxyl groups is 1. The summed E-state index contributed by atoms with van der Waals surface area (Å²) in [6, 6.07) is 29.2. The molecule has 1 N–H and O–H groups in total. The fourth-order valence-electron chi connectivity index (χ4n) is 7.99. The number of sulfonamides is 1. The van der Waals surface area contributed by atoms with Crippen LogP contribution < -0.4 is 4.74 Å². The highest BCUT2D eigenvalue weighted by Gasteiger charge is 2.48. The Kier molecular flexibility index (Phi) is 15.3. The van der Waals surface area contributed by atoms with E-state index in [1.165, 1.54) is 4.31 Å². The average molecular weight is 816 g/mol. The molecule has 0 spiro atoms. The van der Waals surface area contributed by atoms with Gasteiger partial charge in [0.05, 0.1) is 55.5 Å². The second-order valence-electron chi connectivity index (χ2n) is 16.2. The molecule has 0 aromatic heterocycles. The third-order valence-corrected chi connectivity index (χ3v) is 13.1. The van der Waals surface area contributed by atoms with E-state index < -0.39 is 58.2 Å². The monoisotopic (exact) mass is 815 g/mol. The molecular weight excluding hydrogens is 755 g/mol. The number of nitrogens with zero attached hydrogens (tertiary/aromatic N) is 1. The van der Waals surface area contributed by atoms with Crippen molar-refractivity contribution in [2.24, 2.45) is 11.8 Å². The van der Waals surface area contributed by atoms with Crippen molar-refractivity contribution in [3.63, 3.8) is 0 Å². The Morgan fingerprint density at radius 3 is 2.05 bits per heavy atom. The van der Waals surface area contributed by atoms with Gasteiger partial charge in [-0.2, -0.15) is 4.31 Å².